The van der Waals surface area contributed by atoms with Crippen LogP contribution >= 0.6 is 12.6 Å². The van der Waals surface area contributed by atoms with Crippen LogP contribution in [0.25, 0.3) is 10.8 Å². The number of amides is 1. The molecule has 0 aliphatic rings. The minimum Gasteiger partial charge on any atom is -0.322 e. The van der Waals surface area contributed by atoms with E-state index in [-0.39, 0.29) is 5.91 Å². The molecule has 0 unspecified atom stereocenters. The van der Waals surface area contributed by atoms with Crippen LogP contribution in [0.4, 0.5) is 5.69 Å². The maximum Gasteiger partial charge on any atom is 0.255 e. The summed E-state index contributed by atoms with van der Waals surface area (Å²) in [6, 6.07) is 14.8. The van der Waals surface area contributed by atoms with Gasteiger partial charge in [-0.2, -0.15) is 0 Å². The van der Waals surface area contributed by atoms with Gasteiger partial charge in [0.1, 0.15) is 0 Å². The zero-order valence-electron chi connectivity index (χ0n) is 10.6. The van der Waals surface area contributed by atoms with Gasteiger partial charge >= 0.3 is 0 Å². The SMILES string of the molecule is O=C(Nc1ccc(S)cc1)c1ccc2ccncc2c1. The normalized spacial score (nSPS) is 10.4. The Morgan fingerprint density at radius 3 is 2.60 bits per heavy atom. The highest BCUT2D eigenvalue weighted by Crippen LogP contribution is 2.17. The van der Waals surface area contributed by atoms with Crippen LogP contribution in [-0.2, 0) is 0 Å². The molecule has 1 N–H and O–H groups in total. The third-order valence-corrected chi connectivity index (χ3v) is 3.33. The topological polar surface area (TPSA) is 42.0 Å². The Hall–Kier alpha value is -2.33. The van der Waals surface area contributed by atoms with Crippen molar-refractivity contribution < 1.29 is 4.79 Å². The van der Waals surface area contributed by atoms with E-state index in [0.717, 1.165) is 21.4 Å². The lowest BCUT2D eigenvalue weighted by Crippen LogP contribution is -2.11. The number of nitrogens with one attached hydrogen (secondary N) is 1. The minimum atomic E-state index is -0.136. The Kier molecular flexibility index (Phi) is 3.39. The Bertz CT molecular complexity index is 769. The van der Waals surface area contributed by atoms with Gasteiger partial charge in [0.25, 0.3) is 5.91 Å². The van der Waals surface area contributed by atoms with E-state index >= 15 is 0 Å². The Balaban J connectivity index is 1.86. The lowest BCUT2D eigenvalue weighted by Gasteiger charge is -2.06. The fourth-order valence-electron chi connectivity index (χ4n) is 1.97. The van der Waals surface area contributed by atoms with E-state index in [4.69, 9.17) is 0 Å². The molecule has 0 radical (unpaired) electrons. The van der Waals surface area contributed by atoms with Gasteiger partial charge in [-0.25, -0.2) is 0 Å². The molecular weight excluding hydrogens is 268 g/mol. The molecule has 0 aliphatic carbocycles. The smallest absolute Gasteiger partial charge is 0.255 e. The number of benzene rings is 2. The summed E-state index contributed by atoms with van der Waals surface area (Å²) in [7, 11) is 0. The molecule has 0 atom stereocenters. The van der Waals surface area contributed by atoms with Crippen LogP contribution in [0.2, 0.25) is 0 Å². The molecular formula is C16H12N2OS. The van der Waals surface area contributed by atoms with Crippen molar-refractivity contribution in [2.24, 2.45) is 0 Å². The molecule has 1 amide bonds. The molecule has 0 bridgehead atoms. The number of hydrogen-bond acceptors (Lipinski definition) is 3. The molecule has 1 aromatic heterocycles. The number of carbonyl (C=O) groups is 1. The highest BCUT2D eigenvalue weighted by atomic mass is 32.1. The van der Waals surface area contributed by atoms with Crippen LogP contribution < -0.4 is 5.32 Å². The number of thiol groups is 1. The van der Waals surface area contributed by atoms with E-state index in [1.54, 1.807) is 12.4 Å². The monoisotopic (exact) mass is 280 g/mol. The molecule has 3 aromatic rings. The quantitative estimate of drug-likeness (QED) is 0.702. The van der Waals surface area contributed by atoms with Crippen LogP contribution in [0.5, 0.6) is 0 Å². The highest BCUT2D eigenvalue weighted by molar-refractivity contribution is 7.80. The first kappa shape index (κ1) is 12.7. The Morgan fingerprint density at radius 2 is 1.80 bits per heavy atom. The molecule has 20 heavy (non-hydrogen) atoms. The molecule has 1 heterocycles. The first-order valence-electron chi connectivity index (χ1n) is 6.16. The van der Waals surface area contributed by atoms with E-state index in [1.165, 1.54) is 0 Å². The lowest BCUT2D eigenvalue weighted by molar-refractivity contribution is 0.102. The van der Waals surface area contributed by atoms with E-state index in [0.29, 0.717) is 5.56 Å². The first-order valence-corrected chi connectivity index (χ1v) is 6.61. The van der Waals surface area contributed by atoms with Crippen molar-refractivity contribution in [1.29, 1.82) is 0 Å². The van der Waals surface area contributed by atoms with E-state index in [9.17, 15) is 4.79 Å². The zero-order chi connectivity index (χ0) is 13.9. The minimum absolute atomic E-state index is 0.136. The van der Waals surface area contributed by atoms with Crippen molar-refractivity contribution in [3.63, 3.8) is 0 Å². The number of carbonyl (C=O) groups excluding carboxylic acids is 1. The van der Waals surface area contributed by atoms with Gasteiger partial charge in [0, 0.05) is 33.9 Å². The fourth-order valence-corrected chi connectivity index (χ4v) is 2.12. The van der Waals surface area contributed by atoms with Crippen LogP contribution in [0.1, 0.15) is 10.4 Å². The van der Waals surface area contributed by atoms with Gasteiger partial charge in [-0.1, -0.05) is 6.07 Å². The standard InChI is InChI=1S/C16H12N2OS/c19-16(18-14-3-5-15(20)6-4-14)12-2-1-11-7-8-17-10-13(11)9-12/h1-10,20H,(H,18,19). The molecule has 98 valence electrons. The number of nitrogens with zero attached hydrogens (tertiary/aromatic N) is 1. The first-order chi connectivity index (χ1) is 9.72. The number of fused-ring (bicyclic) bond motifs is 1. The summed E-state index contributed by atoms with van der Waals surface area (Å²) in [5.74, 6) is -0.136. The summed E-state index contributed by atoms with van der Waals surface area (Å²) < 4.78 is 0. The van der Waals surface area contributed by atoms with Crippen LogP contribution in [0.3, 0.4) is 0 Å². The van der Waals surface area contributed by atoms with Gasteiger partial charge in [-0.05, 0) is 47.9 Å². The number of anilines is 1. The summed E-state index contributed by atoms with van der Waals surface area (Å²) in [6.45, 7) is 0. The van der Waals surface area contributed by atoms with Crippen molar-refractivity contribution in [3.05, 3.63) is 66.5 Å². The second kappa shape index (κ2) is 5.35. The van der Waals surface area contributed by atoms with Gasteiger partial charge in [0.2, 0.25) is 0 Å². The second-order valence-electron chi connectivity index (χ2n) is 4.44. The summed E-state index contributed by atoms with van der Waals surface area (Å²) in [5, 5.41) is 4.87. The van der Waals surface area contributed by atoms with Crippen LogP contribution in [0.15, 0.2) is 65.8 Å². The predicted molar refractivity (Wildman–Crippen MR) is 83.4 cm³/mol. The Morgan fingerprint density at radius 1 is 1.00 bits per heavy atom. The molecule has 0 fully saturated rings. The summed E-state index contributed by atoms with van der Waals surface area (Å²) in [4.78, 5) is 17.1. The molecule has 2 aromatic carbocycles. The van der Waals surface area contributed by atoms with Gasteiger partial charge in [0.15, 0.2) is 0 Å². The third kappa shape index (κ3) is 2.65. The maximum absolute atomic E-state index is 12.2. The molecule has 3 rings (SSSR count). The van der Waals surface area contributed by atoms with Gasteiger partial charge in [-0.3, -0.25) is 9.78 Å². The van der Waals surface area contributed by atoms with E-state index in [2.05, 4.69) is 22.9 Å². The molecule has 0 spiro atoms. The van der Waals surface area contributed by atoms with Gasteiger partial charge in [0.05, 0.1) is 0 Å². The maximum atomic E-state index is 12.2. The van der Waals surface area contributed by atoms with Crippen LogP contribution in [-0.4, -0.2) is 10.9 Å². The van der Waals surface area contributed by atoms with Gasteiger partial charge < -0.3 is 5.32 Å². The van der Waals surface area contributed by atoms with Crippen LogP contribution in [0, 0.1) is 0 Å². The average molecular weight is 280 g/mol. The fraction of sp³-hybridized carbons (Fsp3) is 0. The Labute approximate surface area is 122 Å². The summed E-state index contributed by atoms with van der Waals surface area (Å²) in [6.07, 6.45) is 3.49. The molecule has 0 saturated heterocycles. The summed E-state index contributed by atoms with van der Waals surface area (Å²) >= 11 is 4.21. The van der Waals surface area contributed by atoms with Crippen molar-refractivity contribution in [2.75, 3.05) is 5.32 Å². The highest BCUT2D eigenvalue weighted by Gasteiger charge is 2.06. The van der Waals surface area contributed by atoms with Crippen molar-refractivity contribution >= 4 is 35.0 Å². The van der Waals surface area contributed by atoms with E-state index < -0.39 is 0 Å². The molecule has 4 heteroatoms. The number of hydrogen-bond donors (Lipinski definition) is 2. The second-order valence-corrected chi connectivity index (χ2v) is 4.96. The van der Waals surface area contributed by atoms with Crippen molar-refractivity contribution in [2.45, 2.75) is 4.90 Å². The third-order valence-electron chi connectivity index (χ3n) is 3.03. The molecule has 0 saturated carbocycles. The number of pyridine rings is 1. The zero-order valence-corrected chi connectivity index (χ0v) is 11.5. The predicted octanol–water partition coefficient (Wildman–Crippen LogP) is 3.78. The molecule has 0 aliphatic heterocycles. The largest absolute Gasteiger partial charge is 0.322 e. The van der Waals surface area contributed by atoms with E-state index in [1.807, 2.05) is 48.5 Å². The number of aromatic nitrogens is 1. The lowest BCUT2D eigenvalue weighted by atomic mass is 10.1. The molecule has 3 nitrogen and oxygen atoms in total. The van der Waals surface area contributed by atoms with Crippen molar-refractivity contribution in [1.82, 2.24) is 4.98 Å². The van der Waals surface area contributed by atoms with Crippen molar-refractivity contribution in [3.8, 4) is 0 Å². The number of rotatable bonds is 2. The van der Waals surface area contributed by atoms with Gasteiger partial charge in [-0.15, -0.1) is 12.6 Å². The average Bonchev–Trinajstić information content (AvgIpc) is 2.49. The summed E-state index contributed by atoms with van der Waals surface area (Å²) in [5.41, 5.74) is 1.36.